The Hall–Kier alpha value is -2.41. The summed E-state index contributed by atoms with van der Waals surface area (Å²) in [4.78, 5) is 19.3. The predicted molar refractivity (Wildman–Crippen MR) is 68.3 cm³/mol. The van der Waals surface area contributed by atoms with Gasteiger partial charge in [-0.05, 0) is 30.0 Å². The highest BCUT2D eigenvalue weighted by atomic mass is 32.2. The topological polar surface area (TPSA) is 80.4 Å². The van der Waals surface area contributed by atoms with E-state index in [4.69, 9.17) is 5.11 Å². The van der Waals surface area contributed by atoms with E-state index in [2.05, 4.69) is 15.1 Å². The molecule has 0 bridgehead atoms. The molecule has 0 saturated heterocycles. The standard InChI is InChI=1S/C12H8N4O2S/c17-12(18)8-1-3-13-10(7-8)19-11-9-2-4-15-16(9)6-5-14-11/h1-7H,(H,17,18). The van der Waals surface area contributed by atoms with Crippen LogP contribution < -0.4 is 0 Å². The molecule has 7 heteroatoms. The average molecular weight is 272 g/mol. The van der Waals surface area contributed by atoms with Crippen LogP contribution in [0, 0.1) is 0 Å². The average Bonchev–Trinajstić information content (AvgIpc) is 2.88. The van der Waals surface area contributed by atoms with E-state index in [1.807, 2.05) is 6.07 Å². The van der Waals surface area contributed by atoms with Crippen molar-refractivity contribution < 1.29 is 9.90 Å². The van der Waals surface area contributed by atoms with Crippen LogP contribution in [0.4, 0.5) is 0 Å². The van der Waals surface area contributed by atoms with Crippen LogP contribution >= 0.6 is 11.8 Å². The third-order valence-corrected chi connectivity index (χ3v) is 3.41. The van der Waals surface area contributed by atoms with Gasteiger partial charge in [-0.1, -0.05) is 0 Å². The van der Waals surface area contributed by atoms with Gasteiger partial charge in [-0.15, -0.1) is 0 Å². The maximum atomic E-state index is 10.9. The van der Waals surface area contributed by atoms with Gasteiger partial charge in [-0.2, -0.15) is 5.10 Å². The fourth-order valence-corrected chi connectivity index (χ4v) is 2.49. The fraction of sp³-hybridized carbons (Fsp3) is 0. The lowest BCUT2D eigenvalue weighted by Crippen LogP contribution is -1.97. The molecule has 0 aliphatic carbocycles. The second kappa shape index (κ2) is 4.69. The van der Waals surface area contributed by atoms with Crippen LogP contribution in [0.3, 0.4) is 0 Å². The zero-order chi connectivity index (χ0) is 13.2. The maximum absolute atomic E-state index is 10.9. The third-order valence-electron chi connectivity index (χ3n) is 2.47. The number of carboxylic acids is 1. The smallest absolute Gasteiger partial charge is 0.335 e. The van der Waals surface area contributed by atoms with Gasteiger partial charge in [0.1, 0.15) is 10.1 Å². The fourth-order valence-electron chi connectivity index (χ4n) is 1.61. The number of hydrogen-bond acceptors (Lipinski definition) is 5. The number of pyridine rings is 1. The lowest BCUT2D eigenvalue weighted by atomic mass is 10.3. The molecule has 0 radical (unpaired) electrons. The van der Waals surface area contributed by atoms with Gasteiger partial charge in [0.2, 0.25) is 0 Å². The Labute approximate surface area is 112 Å². The Morgan fingerprint density at radius 3 is 2.95 bits per heavy atom. The minimum atomic E-state index is -0.972. The van der Waals surface area contributed by atoms with Gasteiger partial charge >= 0.3 is 5.97 Å². The second-order valence-corrected chi connectivity index (χ2v) is 4.69. The highest BCUT2D eigenvalue weighted by molar-refractivity contribution is 7.99. The first-order valence-electron chi connectivity index (χ1n) is 5.39. The van der Waals surface area contributed by atoms with Crippen LogP contribution in [0.15, 0.2) is 53.0 Å². The van der Waals surface area contributed by atoms with Crippen molar-refractivity contribution in [2.24, 2.45) is 0 Å². The molecule has 0 aliphatic rings. The first-order chi connectivity index (χ1) is 9.24. The molecule has 0 unspecified atom stereocenters. The summed E-state index contributed by atoms with van der Waals surface area (Å²) < 4.78 is 1.70. The first kappa shape index (κ1) is 11.7. The quantitative estimate of drug-likeness (QED) is 0.785. The monoisotopic (exact) mass is 272 g/mol. The molecule has 0 aliphatic heterocycles. The van der Waals surface area contributed by atoms with Crippen molar-refractivity contribution in [3.63, 3.8) is 0 Å². The van der Waals surface area contributed by atoms with Crippen molar-refractivity contribution in [2.75, 3.05) is 0 Å². The molecule has 0 spiro atoms. The van der Waals surface area contributed by atoms with E-state index in [0.717, 1.165) is 10.5 Å². The lowest BCUT2D eigenvalue weighted by Gasteiger charge is -2.02. The molecule has 3 aromatic rings. The number of aromatic carboxylic acids is 1. The van der Waals surface area contributed by atoms with E-state index in [-0.39, 0.29) is 5.56 Å². The Morgan fingerprint density at radius 2 is 2.11 bits per heavy atom. The van der Waals surface area contributed by atoms with Crippen molar-refractivity contribution in [2.45, 2.75) is 10.1 Å². The van der Waals surface area contributed by atoms with Gasteiger partial charge in [0.05, 0.1) is 17.3 Å². The highest BCUT2D eigenvalue weighted by Gasteiger charge is 2.09. The van der Waals surface area contributed by atoms with Crippen molar-refractivity contribution in [1.82, 2.24) is 19.6 Å². The number of rotatable bonds is 3. The van der Waals surface area contributed by atoms with E-state index in [9.17, 15) is 4.79 Å². The molecule has 0 fully saturated rings. The first-order valence-corrected chi connectivity index (χ1v) is 6.21. The molecule has 0 atom stereocenters. The Kier molecular flexibility index (Phi) is 2.88. The van der Waals surface area contributed by atoms with Gasteiger partial charge in [0.15, 0.2) is 0 Å². The van der Waals surface area contributed by atoms with Crippen LogP contribution in [0.1, 0.15) is 10.4 Å². The van der Waals surface area contributed by atoms with Crippen LogP contribution in [0.2, 0.25) is 0 Å². The van der Waals surface area contributed by atoms with E-state index in [1.165, 1.54) is 30.1 Å². The molecule has 1 N–H and O–H groups in total. The third kappa shape index (κ3) is 2.27. The normalized spacial score (nSPS) is 10.7. The number of aromatic nitrogens is 4. The summed E-state index contributed by atoms with van der Waals surface area (Å²) in [5.41, 5.74) is 1.06. The van der Waals surface area contributed by atoms with E-state index >= 15 is 0 Å². The molecule has 94 valence electrons. The van der Waals surface area contributed by atoms with Gasteiger partial charge in [-0.3, -0.25) is 0 Å². The highest BCUT2D eigenvalue weighted by Crippen LogP contribution is 2.27. The van der Waals surface area contributed by atoms with Gasteiger partial charge in [0.25, 0.3) is 0 Å². The summed E-state index contributed by atoms with van der Waals surface area (Å²) in [6, 6.07) is 4.82. The summed E-state index contributed by atoms with van der Waals surface area (Å²) in [7, 11) is 0. The van der Waals surface area contributed by atoms with Gasteiger partial charge in [-0.25, -0.2) is 19.3 Å². The molecule has 0 amide bonds. The number of fused-ring (bicyclic) bond motifs is 1. The van der Waals surface area contributed by atoms with Gasteiger partial charge in [0, 0.05) is 18.6 Å². The van der Waals surface area contributed by atoms with E-state index in [1.54, 1.807) is 23.1 Å². The molecule has 3 heterocycles. The minimum absolute atomic E-state index is 0.206. The molecule has 19 heavy (non-hydrogen) atoms. The SMILES string of the molecule is O=C(O)c1ccnc(Sc2nccn3nccc23)c1. The van der Waals surface area contributed by atoms with Crippen molar-refractivity contribution in [3.8, 4) is 0 Å². The summed E-state index contributed by atoms with van der Waals surface area (Å²) in [5.74, 6) is -0.972. The van der Waals surface area contributed by atoms with Crippen molar-refractivity contribution >= 4 is 23.2 Å². The largest absolute Gasteiger partial charge is 0.478 e. The molecule has 0 aromatic carbocycles. The molecule has 3 rings (SSSR count). The molecular formula is C12H8N4O2S. The number of carbonyl (C=O) groups is 1. The summed E-state index contributed by atoms with van der Waals surface area (Å²) in [6.07, 6.45) is 6.55. The predicted octanol–water partition coefficient (Wildman–Crippen LogP) is 1.97. The summed E-state index contributed by atoms with van der Waals surface area (Å²) >= 11 is 1.31. The molecule has 0 saturated carbocycles. The molecular weight excluding hydrogens is 264 g/mol. The summed E-state index contributed by atoms with van der Waals surface area (Å²) in [6.45, 7) is 0. The number of carboxylic acid groups (broad SMARTS) is 1. The molecule has 3 aromatic heterocycles. The molecule has 6 nitrogen and oxygen atoms in total. The Bertz CT molecular complexity index is 756. The number of hydrogen-bond donors (Lipinski definition) is 1. The van der Waals surface area contributed by atoms with Crippen molar-refractivity contribution in [3.05, 3.63) is 48.5 Å². The van der Waals surface area contributed by atoms with Crippen molar-refractivity contribution in [1.29, 1.82) is 0 Å². The minimum Gasteiger partial charge on any atom is -0.478 e. The van der Waals surface area contributed by atoms with Crippen LogP contribution in [0.25, 0.3) is 5.52 Å². The van der Waals surface area contributed by atoms with Crippen LogP contribution in [0.5, 0.6) is 0 Å². The Morgan fingerprint density at radius 1 is 1.21 bits per heavy atom. The van der Waals surface area contributed by atoms with E-state index < -0.39 is 5.97 Å². The lowest BCUT2D eigenvalue weighted by molar-refractivity contribution is 0.0696. The van der Waals surface area contributed by atoms with E-state index in [0.29, 0.717) is 5.03 Å². The Balaban J connectivity index is 1.99. The zero-order valence-electron chi connectivity index (χ0n) is 9.59. The van der Waals surface area contributed by atoms with Gasteiger partial charge < -0.3 is 5.11 Å². The maximum Gasteiger partial charge on any atom is 0.335 e. The zero-order valence-corrected chi connectivity index (χ0v) is 10.4. The summed E-state index contributed by atoms with van der Waals surface area (Å²) in [5, 5.41) is 14.4. The second-order valence-electron chi connectivity index (χ2n) is 3.68. The number of nitrogens with zero attached hydrogens (tertiary/aromatic N) is 4. The van der Waals surface area contributed by atoms with Crippen LogP contribution in [-0.2, 0) is 0 Å². The van der Waals surface area contributed by atoms with Crippen LogP contribution in [-0.4, -0.2) is 30.7 Å².